The van der Waals surface area contributed by atoms with E-state index in [0.29, 0.717) is 13.2 Å². The van der Waals surface area contributed by atoms with Crippen molar-refractivity contribution >= 4 is 5.97 Å². The van der Waals surface area contributed by atoms with Gasteiger partial charge in [-0.05, 0) is 12.1 Å². The lowest BCUT2D eigenvalue weighted by Crippen LogP contribution is -2.14. The quantitative estimate of drug-likeness (QED) is 0.523. The highest BCUT2D eigenvalue weighted by Crippen LogP contribution is 2.07. The first-order valence-corrected chi connectivity index (χ1v) is 4.65. The molecule has 0 fully saturated rings. The predicted molar refractivity (Wildman–Crippen MR) is 54.8 cm³/mol. The van der Waals surface area contributed by atoms with Crippen LogP contribution in [0.15, 0.2) is 30.3 Å². The van der Waals surface area contributed by atoms with Crippen molar-refractivity contribution in [2.45, 2.75) is 0 Å². The van der Waals surface area contributed by atoms with Gasteiger partial charge in [0.25, 0.3) is 0 Å². The van der Waals surface area contributed by atoms with Crippen molar-refractivity contribution in [1.82, 2.24) is 0 Å². The molecule has 0 N–H and O–H groups in total. The summed E-state index contributed by atoms with van der Waals surface area (Å²) in [7, 11) is 1.33. The molecular formula is C11H14O4. The lowest BCUT2D eigenvalue weighted by Gasteiger charge is -2.05. The highest BCUT2D eigenvalue weighted by Gasteiger charge is 1.98. The van der Waals surface area contributed by atoms with Crippen LogP contribution in [0.3, 0.4) is 0 Å². The monoisotopic (exact) mass is 210 g/mol. The van der Waals surface area contributed by atoms with Crippen LogP contribution in [0, 0.1) is 0 Å². The van der Waals surface area contributed by atoms with E-state index in [4.69, 9.17) is 9.47 Å². The molecule has 0 aliphatic heterocycles. The molecule has 0 saturated heterocycles. The van der Waals surface area contributed by atoms with Gasteiger partial charge in [-0.3, -0.25) is 0 Å². The van der Waals surface area contributed by atoms with Gasteiger partial charge in [0.05, 0.1) is 13.7 Å². The highest BCUT2D eigenvalue weighted by atomic mass is 16.6. The number of hydrogen-bond donors (Lipinski definition) is 0. The summed E-state index contributed by atoms with van der Waals surface area (Å²) in [6.07, 6.45) is 0. The van der Waals surface area contributed by atoms with Crippen LogP contribution in [0.5, 0.6) is 5.75 Å². The predicted octanol–water partition coefficient (Wildman–Crippen LogP) is 1.25. The van der Waals surface area contributed by atoms with Gasteiger partial charge in [0, 0.05) is 0 Å². The van der Waals surface area contributed by atoms with Gasteiger partial charge >= 0.3 is 5.97 Å². The first-order chi connectivity index (χ1) is 7.33. The average Bonchev–Trinajstić information content (AvgIpc) is 2.29. The van der Waals surface area contributed by atoms with Crippen LogP contribution in [-0.4, -0.2) is 32.9 Å². The summed E-state index contributed by atoms with van der Waals surface area (Å²) in [6, 6.07) is 9.43. The van der Waals surface area contributed by atoms with Crippen LogP contribution < -0.4 is 4.74 Å². The Hall–Kier alpha value is -1.55. The van der Waals surface area contributed by atoms with E-state index in [2.05, 4.69) is 4.74 Å². The third-order valence-corrected chi connectivity index (χ3v) is 1.69. The Kier molecular flexibility index (Phi) is 5.25. The van der Waals surface area contributed by atoms with Crippen molar-refractivity contribution in [1.29, 1.82) is 0 Å². The highest BCUT2D eigenvalue weighted by molar-refractivity contribution is 5.70. The minimum atomic E-state index is -0.380. The van der Waals surface area contributed by atoms with E-state index in [1.54, 1.807) is 0 Å². The molecule has 1 aromatic rings. The SMILES string of the molecule is COC(=O)COCCOc1ccccc1. The Morgan fingerprint density at radius 3 is 2.60 bits per heavy atom. The van der Waals surface area contributed by atoms with Crippen molar-refractivity contribution in [2.24, 2.45) is 0 Å². The summed E-state index contributed by atoms with van der Waals surface area (Å²) in [5.74, 6) is 0.411. The van der Waals surface area contributed by atoms with Gasteiger partial charge in [-0.1, -0.05) is 18.2 Å². The fourth-order valence-electron chi connectivity index (χ4n) is 0.950. The van der Waals surface area contributed by atoms with E-state index in [1.807, 2.05) is 30.3 Å². The molecule has 1 aromatic carbocycles. The van der Waals surface area contributed by atoms with Crippen molar-refractivity contribution in [3.8, 4) is 5.75 Å². The fraction of sp³-hybridized carbons (Fsp3) is 0.364. The Morgan fingerprint density at radius 1 is 1.20 bits per heavy atom. The van der Waals surface area contributed by atoms with Crippen LogP contribution in [0.4, 0.5) is 0 Å². The number of para-hydroxylation sites is 1. The molecule has 0 heterocycles. The minimum absolute atomic E-state index is 0.0331. The standard InChI is InChI=1S/C11H14O4/c1-13-11(12)9-14-7-8-15-10-5-3-2-4-6-10/h2-6H,7-9H2,1H3. The van der Waals surface area contributed by atoms with Crippen LogP contribution in [0.1, 0.15) is 0 Å². The molecule has 0 unspecified atom stereocenters. The first-order valence-electron chi connectivity index (χ1n) is 4.65. The normalized spacial score (nSPS) is 9.67. The van der Waals surface area contributed by atoms with E-state index >= 15 is 0 Å². The molecule has 0 amide bonds. The summed E-state index contributed by atoms with van der Waals surface area (Å²) < 4.78 is 14.8. The average molecular weight is 210 g/mol. The second kappa shape index (κ2) is 6.84. The number of hydrogen-bond acceptors (Lipinski definition) is 4. The Bertz CT molecular complexity index is 284. The first kappa shape index (κ1) is 11.5. The summed E-state index contributed by atoms with van der Waals surface area (Å²) in [5, 5.41) is 0. The maximum atomic E-state index is 10.7. The van der Waals surface area contributed by atoms with Crippen LogP contribution >= 0.6 is 0 Å². The molecule has 0 spiro atoms. The third kappa shape index (κ3) is 5.02. The molecule has 82 valence electrons. The Balaban J connectivity index is 2.05. The Morgan fingerprint density at radius 2 is 1.93 bits per heavy atom. The van der Waals surface area contributed by atoms with Crippen molar-refractivity contribution in [2.75, 3.05) is 26.9 Å². The van der Waals surface area contributed by atoms with Gasteiger partial charge in [0.1, 0.15) is 19.0 Å². The topological polar surface area (TPSA) is 44.8 Å². The maximum absolute atomic E-state index is 10.7. The van der Waals surface area contributed by atoms with Crippen LogP contribution in [0.25, 0.3) is 0 Å². The molecule has 0 aliphatic rings. The minimum Gasteiger partial charge on any atom is -0.491 e. The van der Waals surface area contributed by atoms with Gasteiger partial charge in [-0.25, -0.2) is 4.79 Å². The Labute approximate surface area is 88.8 Å². The van der Waals surface area contributed by atoms with Gasteiger partial charge in [0.2, 0.25) is 0 Å². The number of carbonyl (C=O) groups is 1. The molecule has 0 atom stereocenters. The van der Waals surface area contributed by atoms with E-state index < -0.39 is 0 Å². The van der Waals surface area contributed by atoms with E-state index in [-0.39, 0.29) is 12.6 Å². The number of rotatable bonds is 6. The van der Waals surface area contributed by atoms with Crippen molar-refractivity contribution in [3.05, 3.63) is 30.3 Å². The van der Waals surface area contributed by atoms with Crippen LogP contribution in [0.2, 0.25) is 0 Å². The molecule has 4 nitrogen and oxygen atoms in total. The van der Waals surface area contributed by atoms with Gasteiger partial charge in [0.15, 0.2) is 0 Å². The molecule has 0 radical (unpaired) electrons. The molecule has 1 rings (SSSR count). The largest absolute Gasteiger partial charge is 0.491 e. The van der Waals surface area contributed by atoms with E-state index in [9.17, 15) is 4.79 Å². The zero-order valence-electron chi connectivity index (χ0n) is 8.64. The van der Waals surface area contributed by atoms with Gasteiger partial charge in [-0.15, -0.1) is 0 Å². The van der Waals surface area contributed by atoms with Crippen LogP contribution in [-0.2, 0) is 14.3 Å². The second-order valence-corrected chi connectivity index (χ2v) is 2.79. The van der Waals surface area contributed by atoms with Crippen molar-refractivity contribution in [3.63, 3.8) is 0 Å². The van der Waals surface area contributed by atoms with Gasteiger partial charge in [-0.2, -0.15) is 0 Å². The molecule has 15 heavy (non-hydrogen) atoms. The lowest BCUT2D eigenvalue weighted by molar-refractivity contribution is -0.146. The summed E-state index contributed by atoms with van der Waals surface area (Å²) >= 11 is 0. The zero-order chi connectivity index (χ0) is 10.9. The number of methoxy groups -OCH3 is 1. The molecule has 0 aliphatic carbocycles. The number of benzene rings is 1. The zero-order valence-corrected chi connectivity index (χ0v) is 8.64. The van der Waals surface area contributed by atoms with E-state index in [0.717, 1.165) is 5.75 Å². The number of esters is 1. The molecule has 0 bridgehead atoms. The summed E-state index contributed by atoms with van der Waals surface area (Å²) in [6.45, 7) is 0.750. The third-order valence-electron chi connectivity index (χ3n) is 1.69. The lowest BCUT2D eigenvalue weighted by atomic mass is 10.3. The van der Waals surface area contributed by atoms with E-state index in [1.165, 1.54) is 7.11 Å². The molecule has 4 heteroatoms. The van der Waals surface area contributed by atoms with Gasteiger partial charge < -0.3 is 14.2 Å². The summed E-state index contributed by atoms with van der Waals surface area (Å²) in [4.78, 5) is 10.7. The molecular weight excluding hydrogens is 196 g/mol. The smallest absolute Gasteiger partial charge is 0.331 e. The molecule has 0 saturated carbocycles. The number of carbonyl (C=O) groups excluding carboxylic acids is 1. The number of ether oxygens (including phenoxy) is 3. The maximum Gasteiger partial charge on any atom is 0.331 e. The van der Waals surface area contributed by atoms with Crippen molar-refractivity contribution < 1.29 is 19.0 Å². The summed E-state index contributed by atoms with van der Waals surface area (Å²) in [5.41, 5.74) is 0. The fourth-order valence-corrected chi connectivity index (χ4v) is 0.950. The molecule has 0 aromatic heterocycles. The second-order valence-electron chi connectivity index (χ2n) is 2.79.